The van der Waals surface area contributed by atoms with Crippen LogP contribution < -0.4 is 0 Å². The monoisotopic (exact) mass is 417 g/mol. The highest BCUT2D eigenvalue weighted by Gasteiger charge is 2.32. The second-order valence-corrected chi connectivity index (χ2v) is 9.33. The number of piperidine rings is 1. The Morgan fingerprint density at radius 1 is 1.11 bits per heavy atom. The lowest BCUT2D eigenvalue weighted by Gasteiger charge is -2.29. The van der Waals surface area contributed by atoms with Gasteiger partial charge in [0.25, 0.3) is 0 Å². The van der Waals surface area contributed by atoms with Gasteiger partial charge in [0, 0.05) is 29.6 Å². The van der Waals surface area contributed by atoms with Crippen LogP contribution in [0.2, 0.25) is 5.02 Å². The molecule has 0 atom stereocenters. The number of hydrogen-bond acceptors (Lipinski definition) is 5. The summed E-state index contributed by atoms with van der Waals surface area (Å²) in [6.45, 7) is 2.79. The Bertz CT molecular complexity index is 1070. The summed E-state index contributed by atoms with van der Waals surface area (Å²) in [5, 5.41) is 4.66. The fraction of sp³-hybridized carbons (Fsp3) is 0.300. The first-order valence-corrected chi connectivity index (χ1v) is 10.9. The van der Waals surface area contributed by atoms with E-state index in [1.807, 2.05) is 31.2 Å². The average Bonchev–Trinajstić information content (AvgIpc) is 3.19. The number of sulfonamides is 1. The van der Waals surface area contributed by atoms with Gasteiger partial charge in [-0.1, -0.05) is 46.6 Å². The fourth-order valence-corrected chi connectivity index (χ4v) is 5.01. The zero-order valence-electron chi connectivity index (χ0n) is 15.4. The number of aromatic nitrogens is 2. The molecule has 0 spiro atoms. The first kappa shape index (κ1) is 19.1. The van der Waals surface area contributed by atoms with Crippen molar-refractivity contribution in [3.05, 3.63) is 65.0 Å². The van der Waals surface area contributed by atoms with E-state index < -0.39 is 10.0 Å². The van der Waals surface area contributed by atoms with Crippen LogP contribution in [0.4, 0.5) is 0 Å². The second-order valence-electron chi connectivity index (χ2n) is 6.96. The Morgan fingerprint density at radius 3 is 2.50 bits per heavy atom. The highest BCUT2D eigenvalue weighted by atomic mass is 35.5. The van der Waals surface area contributed by atoms with E-state index in [1.165, 1.54) is 4.31 Å². The molecule has 3 aromatic rings. The van der Waals surface area contributed by atoms with E-state index >= 15 is 0 Å². The predicted molar refractivity (Wildman–Crippen MR) is 107 cm³/mol. The minimum Gasteiger partial charge on any atom is -0.339 e. The number of hydrogen-bond donors (Lipinski definition) is 0. The zero-order valence-corrected chi connectivity index (χ0v) is 16.9. The third-order valence-corrected chi connectivity index (χ3v) is 7.13. The van der Waals surface area contributed by atoms with Crippen molar-refractivity contribution in [2.75, 3.05) is 13.1 Å². The average molecular weight is 418 g/mol. The van der Waals surface area contributed by atoms with Crippen molar-refractivity contribution in [3.8, 4) is 11.4 Å². The minimum absolute atomic E-state index is 0.0462. The predicted octanol–water partition coefficient (Wildman–Crippen LogP) is 4.27. The quantitative estimate of drug-likeness (QED) is 0.633. The molecule has 0 amide bonds. The van der Waals surface area contributed by atoms with Crippen molar-refractivity contribution in [3.63, 3.8) is 0 Å². The van der Waals surface area contributed by atoms with E-state index in [9.17, 15) is 8.42 Å². The lowest BCUT2D eigenvalue weighted by Crippen LogP contribution is -2.37. The molecule has 0 saturated carbocycles. The van der Waals surface area contributed by atoms with Crippen molar-refractivity contribution >= 4 is 21.6 Å². The Hall–Kier alpha value is -2.22. The van der Waals surface area contributed by atoms with Gasteiger partial charge >= 0.3 is 0 Å². The maximum Gasteiger partial charge on any atom is 0.243 e. The Balaban J connectivity index is 1.45. The van der Waals surface area contributed by atoms with Crippen LogP contribution in [0.15, 0.2) is 57.9 Å². The lowest BCUT2D eigenvalue weighted by molar-refractivity contribution is 0.271. The summed E-state index contributed by atoms with van der Waals surface area (Å²) in [6, 6.07) is 14.2. The smallest absolute Gasteiger partial charge is 0.243 e. The van der Waals surface area contributed by atoms with Gasteiger partial charge in [0.1, 0.15) is 0 Å². The molecule has 1 fully saturated rings. The van der Waals surface area contributed by atoms with Crippen LogP contribution in [0.25, 0.3) is 11.4 Å². The molecule has 1 aliphatic rings. The molecule has 4 rings (SSSR count). The SMILES string of the molecule is Cc1ccc(S(=O)(=O)N2CCC(c3nc(-c4cccc(Cl)c4)no3)CC2)cc1. The molecule has 1 saturated heterocycles. The molecule has 2 heterocycles. The van der Waals surface area contributed by atoms with Gasteiger partial charge in [-0.3, -0.25) is 0 Å². The second kappa shape index (κ2) is 7.66. The molecular formula is C20H20ClN3O3S. The fourth-order valence-electron chi connectivity index (χ4n) is 3.35. The highest BCUT2D eigenvalue weighted by Crippen LogP contribution is 2.31. The Kier molecular flexibility index (Phi) is 5.23. The van der Waals surface area contributed by atoms with Gasteiger partial charge in [-0.2, -0.15) is 9.29 Å². The van der Waals surface area contributed by atoms with E-state index in [0.717, 1.165) is 11.1 Å². The van der Waals surface area contributed by atoms with Gasteiger partial charge in [0.2, 0.25) is 21.7 Å². The maximum atomic E-state index is 12.8. The van der Waals surface area contributed by atoms with E-state index in [1.54, 1.807) is 24.3 Å². The molecule has 0 aliphatic carbocycles. The van der Waals surface area contributed by atoms with Crippen molar-refractivity contribution in [1.82, 2.24) is 14.4 Å². The Morgan fingerprint density at radius 2 is 1.82 bits per heavy atom. The van der Waals surface area contributed by atoms with E-state index in [2.05, 4.69) is 10.1 Å². The Labute approximate surface area is 169 Å². The summed E-state index contributed by atoms with van der Waals surface area (Å²) >= 11 is 6.02. The molecule has 8 heteroatoms. The summed E-state index contributed by atoms with van der Waals surface area (Å²) in [4.78, 5) is 4.83. The summed E-state index contributed by atoms with van der Waals surface area (Å²) in [5.41, 5.74) is 1.83. The van der Waals surface area contributed by atoms with Gasteiger partial charge in [-0.05, 0) is 44.0 Å². The first-order chi connectivity index (χ1) is 13.4. The van der Waals surface area contributed by atoms with Crippen LogP contribution in [-0.4, -0.2) is 36.0 Å². The summed E-state index contributed by atoms with van der Waals surface area (Å²) in [7, 11) is -3.47. The van der Waals surface area contributed by atoms with Crippen LogP contribution in [-0.2, 0) is 10.0 Å². The van der Waals surface area contributed by atoms with Crippen molar-refractivity contribution in [2.45, 2.75) is 30.6 Å². The van der Waals surface area contributed by atoms with Crippen LogP contribution >= 0.6 is 11.6 Å². The van der Waals surface area contributed by atoms with Crippen molar-refractivity contribution < 1.29 is 12.9 Å². The van der Waals surface area contributed by atoms with Crippen molar-refractivity contribution in [1.29, 1.82) is 0 Å². The van der Waals surface area contributed by atoms with Gasteiger partial charge in [0.05, 0.1) is 4.90 Å². The molecule has 0 radical (unpaired) electrons. The molecule has 146 valence electrons. The molecule has 28 heavy (non-hydrogen) atoms. The minimum atomic E-state index is -3.47. The van der Waals surface area contributed by atoms with E-state index in [4.69, 9.17) is 16.1 Å². The van der Waals surface area contributed by atoms with E-state index in [0.29, 0.717) is 47.6 Å². The van der Waals surface area contributed by atoms with Crippen LogP contribution in [0.5, 0.6) is 0 Å². The maximum absolute atomic E-state index is 12.8. The van der Waals surface area contributed by atoms with Crippen LogP contribution in [0.1, 0.15) is 30.2 Å². The highest BCUT2D eigenvalue weighted by molar-refractivity contribution is 7.89. The first-order valence-electron chi connectivity index (χ1n) is 9.10. The third kappa shape index (κ3) is 3.83. The van der Waals surface area contributed by atoms with Gasteiger partial charge in [-0.25, -0.2) is 8.42 Å². The zero-order chi connectivity index (χ0) is 19.7. The number of aryl methyl sites for hydroxylation is 1. The molecule has 0 unspecified atom stereocenters. The third-order valence-electron chi connectivity index (χ3n) is 4.99. The molecule has 0 bridgehead atoms. The standard InChI is InChI=1S/C20H20ClN3O3S/c1-14-5-7-18(8-6-14)28(25,26)24-11-9-15(10-12-24)20-22-19(23-27-20)16-3-2-4-17(21)13-16/h2-8,13,15H,9-12H2,1H3. The summed E-state index contributed by atoms with van der Waals surface area (Å²) in [6.07, 6.45) is 1.28. The molecule has 1 aliphatic heterocycles. The van der Waals surface area contributed by atoms with E-state index in [-0.39, 0.29) is 5.92 Å². The van der Waals surface area contributed by atoms with Crippen LogP contribution in [0.3, 0.4) is 0 Å². The number of nitrogens with zero attached hydrogens (tertiary/aromatic N) is 3. The number of halogens is 1. The molecule has 2 aromatic carbocycles. The molecule has 0 N–H and O–H groups in total. The van der Waals surface area contributed by atoms with Gasteiger partial charge < -0.3 is 4.52 Å². The number of rotatable bonds is 4. The van der Waals surface area contributed by atoms with Crippen molar-refractivity contribution in [2.24, 2.45) is 0 Å². The normalized spacial score (nSPS) is 16.4. The topological polar surface area (TPSA) is 76.3 Å². The van der Waals surface area contributed by atoms with Gasteiger partial charge in [0.15, 0.2) is 0 Å². The number of benzene rings is 2. The van der Waals surface area contributed by atoms with Gasteiger partial charge in [-0.15, -0.1) is 0 Å². The lowest BCUT2D eigenvalue weighted by atomic mass is 9.98. The molecule has 6 nitrogen and oxygen atoms in total. The summed E-state index contributed by atoms with van der Waals surface area (Å²) in [5.74, 6) is 1.08. The van der Waals surface area contributed by atoms with Crippen LogP contribution in [0, 0.1) is 6.92 Å². The molecular weight excluding hydrogens is 398 g/mol. The molecule has 1 aromatic heterocycles. The summed E-state index contributed by atoms with van der Waals surface area (Å²) < 4.78 is 32.6. The largest absolute Gasteiger partial charge is 0.339 e.